The first-order valence-electron chi connectivity index (χ1n) is 2.24. The van der Waals surface area contributed by atoms with Crippen molar-refractivity contribution in [3.05, 3.63) is 0 Å². The van der Waals surface area contributed by atoms with Gasteiger partial charge in [-0.1, -0.05) is 0 Å². The van der Waals surface area contributed by atoms with Gasteiger partial charge in [0.2, 0.25) is 0 Å². The molecule has 0 aliphatic carbocycles. The van der Waals surface area contributed by atoms with Crippen molar-refractivity contribution < 1.29 is 48.2 Å². The van der Waals surface area contributed by atoms with Crippen LogP contribution in [0.25, 0.3) is 0 Å². The van der Waals surface area contributed by atoms with Crippen LogP contribution in [-0.2, 0) is 0 Å². The lowest BCUT2D eigenvalue weighted by atomic mass is 10.4. The monoisotopic (exact) mass is 294 g/mol. The van der Waals surface area contributed by atoms with E-state index in [0.717, 1.165) is 0 Å². The van der Waals surface area contributed by atoms with Crippen molar-refractivity contribution in [1.82, 2.24) is 0 Å². The summed E-state index contributed by atoms with van der Waals surface area (Å²) < 4.78 is 0. The maximum Gasteiger partial charge on any atom is 0.618 e. The topological polar surface area (TPSA) is 250 Å². The first-order valence-corrected chi connectivity index (χ1v) is 6.52. The molecule has 0 radical (unpaired) electrons. The van der Waals surface area contributed by atoms with E-state index in [0.29, 0.717) is 0 Å². The fourth-order valence-corrected chi connectivity index (χ4v) is 0.0577. The van der Waals surface area contributed by atoms with Gasteiger partial charge in [-0.2, -0.15) is 0 Å². The predicted octanol–water partition coefficient (Wildman–Crippen LogP) is -5.62. The highest BCUT2D eigenvalue weighted by Crippen LogP contribution is 1.71. The second-order valence-electron chi connectivity index (χ2n) is 1.12. The summed E-state index contributed by atoms with van der Waals surface area (Å²) in [5.74, 6) is 0. The lowest BCUT2D eigenvalue weighted by Gasteiger charge is -1.96. The van der Waals surface area contributed by atoms with Crippen LogP contribution in [0.3, 0.4) is 0 Å². The van der Waals surface area contributed by atoms with Gasteiger partial charge in [-0.25, -0.2) is 0 Å². The van der Waals surface area contributed by atoms with E-state index in [2.05, 4.69) is 0 Å². The fraction of sp³-hybridized carbons (Fsp3) is 1.00. The Hall–Kier alpha value is 0.986. The van der Waals surface area contributed by atoms with Gasteiger partial charge >= 0.3 is 18.2 Å². The molecule has 0 fully saturated rings. The van der Waals surface area contributed by atoms with Gasteiger partial charge in [-0.3, -0.25) is 0 Å². The Labute approximate surface area is 104 Å². The molecule has 9 nitrogen and oxygen atoms in total. The first-order chi connectivity index (χ1) is 4.22. The summed E-state index contributed by atoms with van der Waals surface area (Å²) in [4.78, 5) is 0. The van der Waals surface area contributed by atoms with E-state index >= 15 is 0 Å². The third-order valence-electron chi connectivity index (χ3n) is 0.421. The van der Waals surface area contributed by atoms with E-state index in [1.165, 1.54) is 0 Å². The van der Waals surface area contributed by atoms with Gasteiger partial charge in [-0.05, 0) is 0 Å². The number of hydrogen-bond acceptors (Lipinski definition) is 3. The molecule has 0 rings (SSSR count). The van der Waals surface area contributed by atoms with Gasteiger partial charge < -0.3 is 66.3 Å². The van der Waals surface area contributed by atoms with Crippen LogP contribution in [0.15, 0.2) is 0 Å². The second kappa shape index (κ2) is 60.1. The van der Waals surface area contributed by atoms with Gasteiger partial charge in [-0.15, -0.1) is 0 Å². The molecule has 0 aliphatic heterocycles. The van der Waals surface area contributed by atoms with E-state index in [9.17, 15) is 0 Å². The molecule has 0 aromatic rings. The first kappa shape index (κ1) is 56.3. The van der Waals surface area contributed by atoms with Gasteiger partial charge in [0, 0.05) is 0 Å². The summed E-state index contributed by atoms with van der Waals surface area (Å²) in [6.45, 7) is -0.729. The Kier molecular flexibility index (Phi) is 225. The van der Waals surface area contributed by atoms with Crippen molar-refractivity contribution in [2.45, 2.75) is 6.10 Å². The zero-order valence-electron chi connectivity index (χ0n) is 7.80. The standard InChI is InChI=1S/C3H8O3.2ClH.Mg.6H2O/c4-1-3(6)2-5;;;;;;;;;/h3-6H,1-2H2;2*1H;;6*1H2/q;;;+2;;;;;;/p-2. The van der Waals surface area contributed by atoms with Crippen LogP contribution in [0.5, 0.6) is 0 Å². The Morgan fingerprint density at radius 2 is 0.933 bits per heavy atom. The molecule has 0 heterocycles. The van der Waals surface area contributed by atoms with Crippen LogP contribution in [0.4, 0.5) is 0 Å². The van der Waals surface area contributed by atoms with Gasteiger partial charge in [0.15, 0.2) is 0 Å². The molecule has 0 aromatic carbocycles. The minimum Gasteiger partial charge on any atom is -0.412 e. The van der Waals surface area contributed by atoms with E-state index in [1.807, 2.05) is 0 Å². The lowest BCUT2D eigenvalue weighted by molar-refractivity contribution is 0.0450. The van der Waals surface area contributed by atoms with Gasteiger partial charge in [0.25, 0.3) is 0 Å². The van der Waals surface area contributed by atoms with E-state index in [1.54, 1.807) is 0 Å². The second-order valence-corrected chi connectivity index (χ2v) is 3.75. The Morgan fingerprint density at radius 3 is 0.933 bits per heavy atom. The van der Waals surface area contributed by atoms with Crippen LogP contribution < -0.4 is 0 Å². The number of aliphatic hydroxyl groups is 3. The molecule has 0 unspecified atom stereocenters. The van der Waals surface area contributed by atoms with E-state index in [-0.39, 0.29) is 46.1 Å². The maximum absolute atomic E-state index is 8.17. The number of rotatable bonds is 2. The minimum atomic E-state index is -0.954. The normalized spacial score (nSPS) is 4.67. The van der Waals surface area contributed by atoms with Gasteiger partial charge in [0.1, 0.15) is 6.10 Å². The summed E-state index contributed by atoms with van der Waals surface area (Å²) >= 11 is -0.639. The van der Waals surface area contributed by atoms with Crippen LogP contribution in [-0.4, -0.2) is 85.7 Å². The molecular formula is C3H20Cl2MgO9. The Balaban J connectivity index is -0.00000000843. The maximum atomic E-state index is 8.17. The summed E-state index contributed by atoms with van der Waals surface area (Å²) in [5.41, 5.74) is 0. The molecule has 12 heteroatoms. The Morgan fingerprint density at radius 1 is 0.800 bits per heavy atom. The molecule has 0 atom stereocenters. The lowest BCUT2D eigenvalue weighted by Crippen LogP contribution is -2.15. The highest BCUT2D eigenvalue weighted by molar-refractivity contribution is 7.22. The smallest absolute Gasteiger partial charge is 0.412 e. The van der Waals surface area contributed by atoms with Gasteiger partial charge in [0.05, 0.1) is 13.2 Å². The third-order valence-corrected chi connectivity index (χ3v) is 0.421. The number of aliphatic hydroxyl groups excluding tert-OH is 3. The van der Waals surface area contributed by atoms with Crippen LogP contribution in [0.1, 0.15) is 0 Å². The van der Waals surface area contributed by atoms with Crippen LogP contribution in [0.2, 0.25) is 0 Å². The quantitative estimate of drug-likeness (QED) is 0.421. The molecule has 0 saturated heterocycles. The predicted molar refractivity (Wildman–Crippen MR) is 59.3 cm³/mol. The molecule has 0 amide bonds. The van der Waals surface area contributed by atoms with Crippen LogP contribution in [0, 0.1) is 0 Å². The molecule has 0 bridgehead atoms. The summed E-state index contributed by atoms with van der Waals surface area (Å²) in [6, 6.07) is 0. The largest absolute Gasteiger partial charge is 0.618 e. The van der Waals surface area contributed by atoms with Crippen molar-refractivity contribution in [2.75, 3.05) is 13.2 Å². The van der Waals surface area contributed by atoms with Crippen molar-refractivity contribution in [3.63, 3.8) is 0 Å². The number of halogens is 2. The molecule has 0 spiro atoms. The molecule has 0 aliphatic rings. The molecule has 102 valence electrons. The zero-order valence-corrected chi connectivity index (χ0v) is 10.7. The molecular weight excluding hydrogens is 275 g/mol. The highest BCUT2D eigenvalue weighted by Gasteiger charge is 1.93. The SMILES string of the molecule is O.O.O.O.O.O.OCC(O)CO.[Cl][Mg][Cl]. The summed E-state index contributed by atoms with van der Waals surface area (Å²) in [6.07, 6.45) is -0.954. The average molecular weight is 295 g/mol. The molecule has 0 saturated carbocycles. The van der Waals surface area contributed by atoms with Crippen molar-refractivity contribution >= 4 is 36.3 Å². The minimum absolute atomic E-state index is 0. The third kappa shape index (κ3) is 102. The van der Waals surface area contributed by atoms with Crippen molar-refractivity contribution in [2.24, 2.45) is 0 Å². The molecule has 0 aromatic heterocycles. The summed E-state index contributed by atoms with van der Waals surface area (Å²) in [5, 5.41) is 24.0. The Bertz CT molecular complexity index is 50.3. The summed E-state index contributed by atoms with van der Waals surface area (Å²) in [7, 11) is 9.81. The fourth-order valence-electron chi connectivity index (χ4n) is 0.0577. The van der Waals surface area contributed by atoms with E-state index < -0.39 is 24.3 Å². The molecule has 15 N–H and O–H groups in total. The average Bonchev–Trinajstić information content (AvgIpc) is 1.88. The zero-order chi connectivity index (χ0) is 7.70. The number of hydrogen-bond donors (Lipinski definition) is 3. The van der Waals surface area contributed by atoms with Crippen LogP contribution >= 0.6 is 18.1 Å². The van der Waals surface area contributed by atoms with Crippen molar-refractivity contribution in [1.29, 1.82) is 0 Å². The van der Waals surface area contributed by atoms with E-state index in [4.69, 9.17) is 33.5 Å². The van der Waals surface area contributed by atoms with Crippen molar-refractivity contribution in [3.8, 4) is 0 Å². The molecule has 15 heavy (non-hydrogen) atoms. The highest BCUT2D eigenvalue weighted by atomic mass is 35.6.